The summed E-state index contributed by atoms with van der Waals surface area (Å²) in [5, 5.41) is 3.27. The molecule has 0 fully saturated rings. The monoisotopic (exact) mass is 266 g/mol. The van der Waals surface area contributed by atoms with Crippen molar-refractivity contribution in [3.05, 3.63) is 11.1 Å². The minimum Gasteiger partial charge on any atom is -0.302 e. The number of anilines is 1. The lowest BCUT2D eigenvalue weighted by molar-refractivity contribution is -0.140. The fourth-order valence-electron chi connectivity index (χ4n) is 1.25. The Morgan fingerprint density at radius 1 is 1.59 bits per heavy atom. The first-order chi connectivity index (χ1) is 7.84. The Hall–Kier alpha value is -1.11. The third-order valence-corrected chi connectivity index (χ3v) is 2.95. The second-order valence-corrected chi connectivity index (χ2v) is 4.57. The van der Waals surface area contributed by atoms with Gasteiger partial charge in [-0.25, -0.2) is 4.98 Å². The predicted octanol–water partition coefficient (Wildman–Crippen LogP) is 3.54. The minimum atomic E-state index is -4.46. The summed E-state index contributed by atoms with van der Waals surface area (Å²) >= 11 is 0.777. The lowest BCUT2D eigenvalue weighted by Gasteiger charge is -2.08. The first-order valence-corrected chi connectivity index (χ1v) is 6.06. The van der Waals surface area contributed by atoms with Crippen LogP contribution in [0.25, 0.3) is 0 Å². The zero-order valence-electron chi connectivity index (χ0n) is 9.47. The number of alkyl halides is 3. The molecule has 17 heavy (non-hydrogen) atoms. The van der Waals surface area contributed by atoms with E-state index in [9.17, 15) is 18.0 Å². The van der Waals surface area contributed by atoms with Gasteiger partial charge in [-0.15, -0.1) is 11.3 Å². The maximum absolute atomic E-state index is 12.2. The van der Waals surface area contributed by atoms with Crippen molar-refractivity contribution in [3.8, 4) is 0 Å². The van der Waals surface area contributed by atoms with Crippen molar-refractivity contribution in [2.24, 2.45) is 5.92 Å². The van der Waals surface area contributed by atoms with E-state index in [1.807, 2.05) is 6.92 Å². The molecule has 1 rings (SSSR count). The smallest absolute Gasteiger partial charge is 0.302 e. The van der Waals surface area contributed by atoms with E-state index in [0.29, 0.717) is 6.42 Å². The number of hydrogen-bond acceptors (Lipinski definition) is 3. The Labute approximate surface area is 101 Å². The van der Waals surface area contributed by atoms with E-state index in [2.05, 4.69) is 10.3 Å². The van der Waals surface area contributed by atoms with Crippen LogP contribution in [-0.4, -0.2) is 10.9 Å². The molecule has 1 amide bonds. The fraction of sp³-hybridized carbons (Fsp3) is 0.600. The van der Waals surface area contributed by atoms with Crippen LogP contribution in [0.15, 0.2) is 5.38 Å². The quantitative estimate of drug-likeness (QED) is 0.905. The summed E-state index contributed by atoms with van der Waals surface area (Å²) in [6.45, 7) is 3.67. The number of rotatable bonds is 4. The molecule has 3 nitrogen and oxygen atoms in total. The van der Waals surface area contributed by atoms with E-state index in [4.69, 9.17) is 0 Å². The molecule has 1 aromatic heterocycles. The molecule has 1 unspecified atom stereocenters. The zero-order chi connectivity index (χ0) is 13.1. The highest BCUT2D eigenvalue weighted by atomic mass is 32.1. The Balaban J connectivity index is 2.64. The predicted molar refractivity (Wildman–Crippen MR) is 59.8 cm³/mol. The maximum atomic E-state index is 12.2. The highest BCUT2D eigenvalue weighted by Crippen LogP contribution is 2.31. The molecule has 0 bridgehead atoms. The lowest BCUT2D eigenvalue weighted by Crippen LogP contribution is -2.20. The van der Waals surface area contributed by atoms with Crippen LogP contribution in [0.1, 0.15) is 32.4 Å². The van der Waals surface area contributed by atoms with Gasteiger partial charge in [-0.05, 0) is 6.42 Å². The molecule has 1 N–H and O–H groups in total. The number of amides is 1. The van der Waals surface area contributed by atoms with Gasteiger partial charge >= 0.3 is 6.18 Å². The van der Waals surface area contributed by atoms with E-state index in [0.717, 1.165) is 23.1 Å². The van der Waals surface area contributed by atoms with Crippen molar-refractivity contribution in [1.82, 2.24) is 4.98 Å². The van der Waals surface area contributed by atoms with Crippen LogP contribution >= 0.6 is 11.3 Å². The molecule has 0 aromatic carbocycles. The van der Waals surface area contributed by atoms with E-state index >= 15 is 0 Å². The number of thiazole rings is 1. The third kappa shape index (κ3) is 3.99. The molecule has 0 saturated heterocycles. The van der Waals surface area contributed by atoms with Gasteiger partial charge in [0.25, 0.3) is 0 Å². The van der Waals surface area contributed by atoms with Crippen LogP contribution in [-0.2, 0) is 11.0 Å². The molecule has 0 saturated carbocycles. The molecule has 1 atom stereocenters. The molecule has 96 valence electrons. The van der Waals surface area contributed by atoms with Crippen LogP contribution in [0.3, 0.4) is 0 Å². The van der Waals surface area contributed by atoms with Crippen molar-refractivity contribution in [2.75, 3.05) is 5.32 Å². The number of halogens is 3. The summed E-state index contributed by atoms with van der Waals surface area (Å²) in [6, 6.07) is 0. The molecule has 1 aromatic rings. The maximum Gasteiger partial charge on any atom is 0.434 e. The second kappa shape index (κ2) is 5.48. The molecule has 0 aliphatic carbocycles. The summed E-state index contributed by atoms with van der Waals surface area (Å²) in [6.07, 6.45) is -2.92. The average molecular weight is 266 g/mol. The van der Waals surface area contributed by atoms with Crippen molar-refractivity contribution < 1.29 is 18.0 Å². The molecular formula is C10H13F3N2OS. The normalized spacial score (nSPS) is 13.5. The Morgan fingerprint density at radius 3 is 2.71 bits per heavy atom. The van der Waals surface area contributed by atoms with E-state index < -0.39 is 11.9 Å². The van der Waals surface area contributed by atoms with E-state index in [1.54, 1.807) is 6.92 Å². The van der Waals surface area contributed by atoms with Gasteiger partial charge in [0.05, 0.1) is 0 Å². The summed E-state index contributed by atoms with van der Waals surface area (Å²) in [7, 11) is 0. The molecule has 1 heterocycles. The van der Waals surface area contributed by atoms with Crippen LogP contribution in [0, 0.1) is 5.92 Å². The number of hydrogen-bond donors (Lipinski definition) is 1. The van der Waals surface area contributed by atoms with E-state index in [1.165, 1.54) is 0 Å². The molecule has 0 spiro atoms. The number of nitrogens with zero attached hydrogens (tertiary/aromatic N) is 1. The van der Waals surface area contributed by atoms with Gasteiger partial charge in [0.1, 0.15) is 0 Å². The highest BCUT2D eigenvalue weighted by Gasteiger charge is 2.34. The van der Waals surface area contributed by atoms with Gasteiger partial charge < -0.3 is 5.32 Å². The number of carbonyl (C=O) groups is 1. The van der Waals surface area contributed by atoms with Crippen LogP contribution < -0.4 is 5.32 Å². The number of aromatic nitrogens is 1. The van der Waals surface area contributed by atoms with E-state index in [-0.39, 0.29) is 17.0 Å². The summed E-state index contributed by atoms with van der Waals surface area (Å²) in [5.74, 6) is -0.520. The first-order valence-electron chi connectivity index (χ1n) is 5.18. The van der Waals surface area contributed by atoms with Gasteiger partial charge in [0.2, 0.25) is 5.91 Å². The summed E-state index contributed by atoms with van der Waals surface area (Å²) in [4.78, 5) is 14.9. The first kappa shape index (κ1) is 14.0. The summed E-state index contributed by atoms with van der Waals surface area (Å²) < 4.78 is 36.7. The largest absolute Gasteiger partial charge is 0.434 e. The van der Waals surface area contributed by atoms with Gasteiger partial charge in [0, 0.05) is 11.3 Å². The van der Waals surface area contributed by atoms with Crippen LogP contribution in [0.2, 0.25) is 0 Å². The third-order valence-electron chi connectivity index (χ3n) is 2.19. The van der Waals surface area contributed by atoms with Crippen molar-refractivity contribution in [2.45, 2.75) is 32.9 Å². The van der Waals surface area contributed by atoms with Crippen molar-refractivity contribution >= 4 is 22.4 Å². The number of nitrogens with one attached hydrogen (secondary N) is 1. The van der Waals surface area contributed by atoms with Crippen molar-refractivity contribution in [3.63, 3.8) is 0 Å². The van der Waals surface area contributed by atoms with Crippen LogP contribution in [0.5, 0.6) is 0 Å². The van der Waals surface area contributed by atoms with Gasteiger partial charge in [0.15, 0.2) is 10.8 Å². The molecule has 0 aliphatic rings. The molecule has 0 radical (unpaired) electrons. The SMILES string of the molecule is CCCC(C)C(=O)Nc1nc(C(F)(F)F)cs1. The topological polar surface area (TPSA) is 42.0 Å². The van der Waals surface area contributed by atoms with Crippen molar-refractivity contribution in [1.29, 1.82) is 0 Å². The molecule has 7 heteroatoms. The summed E-state index contributed by atoms with van der Waals surface area (Å²) in [5.41, 5.74) is -0.971. The standard InChI is InChI=1S/C10H13F3N2OS/c1-3-4-6(2)8(16)15-9-14-7(5-17-9)10(11,12)13/h5-6H,3-4H2,1-2H3,(H,14,15,16). The Morgan fingerprint density at radius 2 is 2.24 bits per heavy atom. The fourth-order valence-corrected chi connectivity index (χ4v) is 1.97. The Bertz CT molecular complexity index is 389. The van der Waals surface area contributed by atoms with Gasteiger partial charge in [-0.3, -0.25) is 4.79 Å². The van der Waals surface area contributed by atoms with Gasteiger partial charge in [-0.2, -0.15) is 13.2 Å². The average Bonchev–Trinajstić information content (AvgIpc) is 2.66. The van der Waals surface area contributed by atoms with Crippen LogP contribution in [0.4, 0.5) is 18.3 Å². The zero-order valence-corrected chi connectivity index (χ0v) is 10.3. The minimum absolute atomic E-state index is 0.00900. The Kier molecular flexibility index (Phi) is 4.50. The lowest BCUT2D eigenvalue weighted by atomic mass is 10.1. The molecular weight excluding hydrogens is 253 g/mol. The van der Waals surface area contributed by atoms with Gasteiger partial charge in [-0.1, -0.05) is 20.3 Å². The second-order valence-electron chi connectivity index (χ2n) is 3.71. The highest BCUT2D eigenvalue weighted by molar-refractivity contribution is 7.13. The molecule has 0 aliphatic heterocycles. The number of carbonyl (C=O) groups excluding carboxylic acids is 1.